The zero-order valence-corrected chi connectivity index (χ0v) is 15.5. The van der Waals surface area contributed by atoms with Crippen LogP contribution in [0.15, 0.2) is 0 Å². The molecule has 0 radical (unpaired) electrons. The zero-order chi connectivity index (χ0) is 17.6. The molecule has 0 spiro atoms. The molecule has 0 aromatic heterocycles. The molecule has 0 fully saturated rings. The van der Waals surface area contributed by atoms with E-state index in [1.807, 2.05) is 6.92 Å². The van der Waals surface area contributed by atoms with Crippen molar-refractivity contribution < 1.29 is 24.2 Å². The first kappa shape index (κ1) is 21.8. The zero-order valence-electron chi connectivity index (χ0n) is 13.2. The highest BCUT2D eigenvalue weighted by molar-refractivity contribution is 6.67. The van der Waals surface area contributed by atoms with Crippen LogP contribution in [0, 0.1) is 10.8 Å². The average Bonchev–Trinajstić information content (AvgIpc) is 2.40. The van der Waals surface area contributed by atoms with E-state index in [9.17, 15) is 9.59 Å². The molecule has 1 unspecified atom stereocenters. The average molecular weight is 378 g/mol. The smallest absolute Gasteiger partial charge is 0.311 e. The molecule has 0 aliphatic carbocycles. The van der Waals surface area contributed by atoms with Crippen molar-refractivity contribution in [2.45, 2.75) is 44.3 Å². The largest absolute Gasteiger partial charge is 0.463 e. The van der Waals surface area contributed by atoms with Crippen molar-refractivity contribution in [3.05, 3.63) is 0 Å². The second-order valence-corrected chi connectivity index (χ2v) is 8.54. The topological polar surface area (TPSA) is 72.8 Å². The molecule has 0 saturated heterocycles. The molecule has 0 saturated carbocycles. The van der Waals surface area contributed by atoms with Crippen LogP contribution in [0.25, 0.3) is 0 Å². The van der Waals surface area contributed by atoms with Crippen molar-refractivity contribution in [1.82, 2.24) is 0 Å². The number of ether oxygens (including phenoxy) is 2. The van der Waals surface area contributed by atoms with Gasteiger partial charge in [0.05, 0.1) is 17.4 Å². The molecule has 0 aliphatic heterocycles. The SMILES string of the molecule is CCC(C)(CC(C)(C)C(=O)OCCO)C(=O)OCC(Cl)(Cl)Cl. The molecule has 1 N–H and O–H groups in total. The van der Waals surface area contributed by atoms with Gasteiger partial charge >= 0.3 is 11.9 Å². The first-order valence-electron chi connectivity index (χ1n) is 6.90. The van der Waals surface area contributed by atoms with E-state index in [0.29, 0.717) is 6.42 Å². The minimum Gasteiger partial charge on any atom is -0.463 e. The van der Waals surface area contributed by atoms with Crippen LogP contribution in [0.5, 0.6) is 0 Å². The van der Waals surface area contributed by atoms with Crippen LogP contribution in [0.2, 0.25) is 0 Å². The molecule has 5 nitrogen and oxygen atoms in total. The van der Waals surface area contributed by atoms with Gasteiger partial charge in [0.2, 0.25) is 3.79 Å². The van der Waals surface area contributed by atoms with Gasteiger partial charge in [-0.05, 0) is 33.6 Å². The van der Waals surface area contributed by atoms with Crippen molar-refractivity contribution in [1.29, 1.82) is 0 Å². The van der Waals surface area contributed by atoms with Crippen LogP contribution in [-0.4, -0.2) is 40.7 Å². The lowest BCUT2D eigenvalue weighted by Gasteiger charge is -2.33. The van der Waals surface area contributed by atoms with Crippen LogP contribution in [0.3, 0.4) is 0 Å². The third kappa shape index (κ3) is 7.36. The number of halogens is 3. The van der Waals surface area contributed by atoms with E-state index in [1.54, 1.807) is 20.8 Å². The number of rotatable bonds is 8. The lowest BCUT2D eigenvalue weighted by molar-refractivity contribution is -0.163. The maximum Gasteiger partial charge on any atom is 0.311 e. The predicted octanol–water partition coefficient (Wildman–Crippen LogP) is 3.27. The molecule has 130 valence electrons. The van der Waals surface area contributed by atoms with E-state index in [1.165, 1.54) is 0 Å². The Bertz CT molecular complexity index is 392. The normalized spacial score (nSPS) is 15.1. The van der Waals surface area contributed by atoms with Crippen LogP contribution < -0.4 is 0 Å². The Labute approximate surface area is 146 Å². The maximum absolute atomic E-state index is 12.3. The summed E-state index contributed by atoms with van der Waals surface area (Å²) in [6.07, 6.45) is 0.655. The van der Waals surface area contributed by atoms with E-state index in [0.717, 1.165) is 0 Å². The summed E-state index contributed by atoms with van der Waals surface area (Å²) in [6.45, 7) is 6.15. The van der Waals surface area contributed by atoms with Crippen LogP contribution in [0.4, 0.5) is 0 Å². The summed E-state index contributed by atoms with van der Waals surface area (Å²) in [6, 6.07) is 0. The number of esters is 2. The minimum absolute atomic E-state index is 0.0805. The highest BCUT2D eigenvalue weighted by Crippen LogP contribution is 2.39. The summed E-state index contributed by atoms with van der Waals surface area (Å²) in [5.41, 5.74) is -1.84. The number of carbonyl (C=O) groups excluding carboxylic acids is 2. The summed E-state index contributed by atoms with van der Waals surface area (Å²) in [7, 11) is 0. The van der Waals surface area contributed by atoms with Crippen molar-refractivity contribution >= 4 is 46.7 Å². The van der Waals surface area contributed by atoms with Gasteiger partial charge in [0.25, 0.3) is 0 Å². The number of hydrogen-bond acceptors (Lipinski definition) is 5. The van der Waals surface area contributed by atoms with Gasteiger partial charge in [-0.25, -0.2) is 0 Å². The lowest BCUT2D eigenvalue weighted by Crippen LogP contribution is -2.39. The highest BCUT2D eigenvalue weighted by atomic mass is 35.6. The molecule has 0 amide bonds. The number of aliphatic hydroxyl groups is 1. The van der Waals surface area contributed by atoms with Gasteiger partial charge in [-0.2, -0.15) is 0 Å². The molecular weight excluding hydrogens is 355 g/mol. The van der Waals surface area contributed by atoms with Gasteiger partial charge in [0, 0.05) is 0 Å². The molecular formula is C14H23Cl3O5. The van der Waals surface area contributed by atoms with Gasteiger partial charge in [0.15, 0.2) is 0 Å². The molecule has 0 aliphatic rings. The highest BCUT2D eigenvalue weighted by Gasteiger charge is 2.43. The molecule has 0 heterocycles. The van der Waals surface area contributed by atoms with Crippen molar-refractivity contribution in [3.63, 3.8) is 0 Å². The fraction of sp³-hybridized carbons (Fsp3) is 0.857. The van der Waals surface area contributed by atoms with Crippen LogP contribution in [0.1, 0.15) is 40.5 Å². The summed E-state index contributed by atoms with van der Waals surface area (Å²) in [5.74, 6) is -1.03. The molecule has 0 rings (SSSR count). The predicted molar refractivity (Wildman–Crippen MR) is 86.1 cm³/mol. The fourth-order valence-corrected chi connectivity index (χ4v) is 2.21. The lowest BCUT2D eigenvalue weighted by atomic mass is 9.72. The Morgan fingerprint density at radius 2 is 1.59 bits per heavy atom. The van der Waals surface area contributed by atoms with Gasteiger partial charge in [-0.1, -0.05) is 41.7 Å². The Morgan fingerprint density at radius 1 is 1.05 bits per heavy atom. The number of aliphatic hydroxyl groups excluding tert-OH is 1. The Balaban J connectivity index is 4.91. The van der Waals surface area contributed by atoms with Crippen molar-refractivity contribution in [2.75, 3.05) is 19.8 Å². The van der Waals surface area contributed by atoms with Crippen molar-refractivity contribution in [2.24, 2.45) is 10.8 Å². The third-order valence-electron chi connectivity index (χ3n) is 3.35. The maximum atomic E-state index is 12.3. The summed E-state index contributed by atoms with van der Waals surface area (Å²) in [4.78, 5) is 24.3. The van der Waals surface area contributed by atoms with Gasteiger partial charge < -0.3 is 14.6 Å². The van der Waals surface area contributed by atoms with Gasteiger partial charge in [0.1, 0.15) is 13.2 Å². The quantitative estimate of drug-likeness (QED) is 0.519. The van der Waals surface area contributed by atoms with E-state index >= 15 is 0 Å². The second kappa shape index (κ2) is 8.57. The fourth-order valence-electron chi connectivity index (χ4n) is 2.04. The van der Waals surface area contributed by atoms with Crippen molar-refractivity contribution in [3.8, 4) is 0 Å². The van der Waals surface area contributed by atoms with E-state index in [2.05, 4.69) is 0 Å². The Morgan fingerprint density at radius 3 is 2.00 bits per heavy atom. The Hall–Kier alpha value is -0.230. The van der Waals surface area contributed by atoms with Gasteiger partial charge in [-0.3, -0.25) is 9.59 Å². The molecule has 0 aromatic carbocycles. The van der Waals surface area contributed by atoms with E-state index in [4.69, 9.17) is 49.4 Å². The standard InChI is InChI=1S/C14H23Cl3O5/c1-5-13(4,11(20)22-9-14(15,16)17)8-12(2,3)10(19)21-7-6-18/h18H,5-9H2,1-4H3. The molecule has 8 heteroatoms. The minimum atomic E-state index is -1.68. The van der Waals surface area contributed by atoms with Crippen LogP contribution in [-0.2, 0) is 19.1 Å². The monoisotopic (exact) mass is 376 g/mol. The second-order valence-electron chi connectivity index (χ2n) is 6.03. The summed E-state index contributed by atoms with van der Waals surface area (Å²) >= 11 is 16.7. The number of hydrogen-bond donors (Lipinski definition) is 1. The summed E-state index contributed by atoms with van der Waals surface area (Å²) < 4.78 is 8.30. The van der Waals surface area contributed by atoms with E-state index < -0.39 is 26.6 Å². The molecule has 0 aromatic rings. The Kier molecular flexibility index (Phi) is 8.48. The first-order valence-corrected chi connectivity index (χ1v) is 8.03. The van der Waals surface area contributed by atoms with Crippen LogP contribution >= 0.6 is 34.8 Å². The molecule has 22 heavy (non-hydrogen) atoms. The number of alkyl halides is 3. The first-order chi connectivity index (χ1) is 9.88. The third-order valence-corrected chi connectivity index (χ3v) is 3.68. The van der Waals surface area contributed by atoms with E-state index in [-0.39, 0.29) is 26.2 Å². The molecule has 1 atom stereocenters. The van der Waals surface area contributed by atoms with Gasteiger partial charge in [-0.15, -0.1) is 0 Å². The molecule has 0 bridgehead atoms. The summed E-state index contributed by atoms with van der Waals surface area (Å²) in [5, 5.41) is 8.71. The number of carbonyl (C=O) groups is 2.